The van der Waals surface area contributed by atoms with E-state index in [0.717, 1.165) is 3.57 Å². The van der Waals surface area contributed by atoms with Crippen molar-refractivity contribution < 1.29 is 9.72 Å². The van der Waals surface area contributed by atoms with E-state index in [1.165, 1.54) is 18.2 Å². The van der Waals surface area contributed by atoms with Gasteiger partial charge >= 0.3 is 0 Å². The average molecular weight is 397 g/mol. The van der Waals surface area contributed by atoms with Crippen LogP contribution in [0.2, 0.25) is 0 Å². The minimum atomic E-state index is -0.526. The quantitative estimate of drug-likeness (QED) is 0.470. The number of halogens is 1. The number of carbonyl (C=O) groups is 1. The summed E-state index contributed by atoms with van der Waals surface area (Å²) < 4.78 is 0.985. The third-order valence-electron chi connectivity index (χ3n) is 2.81. The number of rotatable bonds is 4. The molecule has 0 aliphatic rings. The van der Waals surface area contributed by atoms with Gasteiger partial charge in [-0.2, -0.15) is 0 Å². The maximum atomic E-state index is 12.3. The van der Waals surface area contributed by atoms with Gasteiger partial charge in [-0.25, -0.2) is 0 Å². The Labute approximate surface area is 134 Å². The molecule has 0 radical (unpaired) electrons. The third-order valence-corrected chi connectivity index (χ3v) is 3.48. The van der Waals surface area contributed by atoms with E-state index in [1.54, 1.807) is 13.1 Å². The molecule has 1 amide bonds. The smallest absolute Gasteiger partial charge is 0.270 e. The Hall–Kier alpha value is -2.16. The number of non-ortho nitro benzene ring substituents is 1. The van der Waals surface area contributed by atoms with Gasteiger partial charge in [-0.1, -0.05) is 6.07 Å². The standard InChI is InChI=1S/C14H12IN3O3/c1-16-13-6-5-11(18(20)21)8-12(13)14(19)17-10-4-2-3-9(15)7-10/h2-8,16H,1H3,(H,17,19). The molecule has 0 heterocycles. The lowest BCUT2D eigenvalue weighted by Crippen LogP contribution is -2.14. The van der Waals surface area contributed by atoms with E-state index in [9.17, 15) is 14.9 Å². The van der Waals surface area contributed by atoms with Gasteiger partial charge in [0.1, 0.15) is 0 Å². The first-order valence-electron chi connectivity index (χ1n) is 6.04. The van der Waals surface area contributed by atoms with Crippen LogP contribution in [0, 0.1) is 13.7 Å². The van der Waals surface area contributed by atoms with E-state index in [0.29, 0.717) is 11.4 Å². The van der Waals surface area contributed by atoms with Crippen LogP contribution in [0.4, 0.5) is 17.1 Å². The summed E-state index contributed by atoms with van der Waals surface area (Å²) in [5.74, 6) is -0.398. The van der Waals surface area contributed by atoms with E-state index in [2.05, 4.69) is 33.2 Å². The Morgan fingerprint density at radius 3 is 2.62 bits per heavy atom. The molecule has 2 aromatic rings. The van der Waals surface area contributed by atoms with Gasteiger partial charge in [0.05, 0.1) is 10.5 Å². The van der Waals surface area contributed by atoms with E-state index >= 15 is 0 Å². The minimum absolute atomic E-state index is 0.123. The summed E-state index contributed by atoms with van der Waals surface area (Å²) in [4.78, 5) is 22.6. The molecule has 0 aromatic heterocycles. The fraction of sp³-hybridized carbons (Fsp3) is 0.0714. The van der Waals surface area contributed by atoms with Crippen LogP contribution in [-0.4, -0.2) is 17.9 Å². The largest absolute Gasteiger partial charge is 0.387 e. The first kappa shape index (κ1) is 15.2. The summed E-state index contributed by atoms with van der Waals surface area (Å²) >= 11 is 2.14. The second kappa shape index (κ2) is 6.53. The summed E-state index contributed by atoms with van der Waals surface area (Å²) in [6.45, 7) is 0. The van der Waals surface area contributed by atoms with Gasteiger partial charge in [0.15, 0.2) is 0 Å². The summed E-state index contributed by atoms with van der Waals surface area (Å²) in [5.41, 5.74) is 1.27. The molecule has 108 valence electrons. The van der Waals surface area contributed by atoms with Gasteiger partial charge in [-0.05, 0) is 46.9 Å². The molecule has 0 bridgehead atoms. The van der Waals surface area contributed by atoms with Crippen LogP contribution < -0.4 is 10.6 Å². The van der Waals surface area contributed by atoms with Crippen LogP contribution in [0.3, 0.4) is 0 Å². The number of benzene rings is 2. The van der Waals surface area contributed by atoms with Crippen molar-refractivity contribution in [3.8, 4) is 0 Å². The molecule has 0 fully saturated rings. The molecule has 0 saturated carbocycles. The molecule has 0 atom stereocenters. The number of amides is 1. The highest BCUT2D eigenvalue weighted by atomic mass is 127. The van der Waals surface area contributed by atoms with Crippen molar-refractivity contribution >= 4 is 45.6 Å². The Morgan fingerprint density at radius 1 is 1.24 bits per heavy atom. The number of nitrogens with one attached hydrogen (secondary N) is 2. The van der Waals surface area contributed by atoms with E-state index in [-0.39, 0.29) is 11.3 Å². The number of nitro benzene ring substituents is 1. The summed E-state index contributed by atoms with van der Waals surface area (Å²) in [6.07, 6.45) is 0. The maximum absolute atomic E-state index is 12.3. The van der Waals surface area contributed by atoms with Crippen LogP contribution in [0.15, 0.2) is 42.5 Å². The van der Waals surface area contributed by atoms with Crippen molar-refractivity contribution in [3.05, 3.63) is 61.7 Å². The molecule has 7 heteroatoms. The molecule has 2 aromatic carbocycles. The normalized spacial score (nSPS) is 10.0. The predicted molar refractivity (Wildman–Crippen MR) is 89.8 cm³/mol. The zero-order chi connectivity index (χ0) is 15.4. The first-order chi connectivity index (χ1) is 10.0. The van der Waals surface area contributed by atoms with Gasteiger partial charge in [0.2, 0.25) is 0 Å². The van der Waals surface area contributed by atoms with Crippen LogP contribution in [0.5, 0.6) is 0 Å². The molecule has 21 heavy (non-hydrogen) atoms. The highest BCUT2D eigenvalue weighted by molar-refractivity contribution is 14.1. The Morgan fingerprint density at radius 2 is 2.00 bits per heavy atom. The first-order valence-corrected chi connectivity index (χ1v) is 7.12. The van der Waals surface area contributed by atoms with Crippen LogP contribution >= 0.6 is 22.6 Å². The number of anilines is 2. The lowest BCUT2D eigenvalue weighted by Gasteiger charge is -2.10. The molecule has 2 rings (SSSR count). The Kier molecular flexibility index (Phi) is 4.73. The van der Waals surface area contributed by atoms with Gasteiger partial charge in [-0.15, -0.1) is 0 Å². The maximum Gasteiger partial charge on any atom is 0.270 e. The molecule has 2 N–H and O–H groups in total. The lowest BCUT2D eigenvalue weighted by molar-refractivity contribution is -0.384. The lowest BCUT2D eigenvalue weighted by atomic mass is 10.1. The zero-order valence-electron chi connectivity index (χ0n) is 11.1. The average Bonchev–Trinajstić information content (AvgIpc) is 2.46. The summed E-state index contributed by atoms with van der Waals surface area (Å²) in [6, 6.07) is 11.4. The van der Waals surface area contributed by atoms with Crippen molar-refractivity contribution in [2.24, 2.45) is 0 Å². The van der Waals surface area contributed by atoms with Crippen molar-refractivity contribution in [2.45, 2.75) is 0 Å². The monoisotopic (exact) mass is 397 g/mol. The highest BCUT2D eigenvalue weighted by Crippen LogP contribution is 2.23. The van der Waals surface area contributed by atoms with Gasteiger partial charge in [-0.3, -0.25) is 14.9 Å². The van der Waals surface area contributed by atoms with Crippen LogP contribution in [-0.2, 0) is 0 Å². The van der Waals surface area contributed by atoms with Crippen molar-refractivity contribution in [2.75, 3.05) is 17.7 Å². The van der Waals surface area contributed by atoms with Crippen LogP contribution in [0.25, 0.3) is 0 Å². The van der Waals surface area contributed by atoms with E-state index in [4.69, 9.17) is 0 Å². The van der Waals surface area contributed by atoms with Gasteiger partial charge in [0, 0.05) is 34.1 Å². The number of carbonyl (C=O) groups excluding carboxylic acids is 1. The predicted octanol–water partition coefficient (Wildman–Crippen LogP) is 3.49. The third kappa shape index (κ3) is 3.69. The second-order valence-electron chi connectivity index (χ2n) is 4.20. The molecule has 0 aliphatic carbocycles. The fourth-order valence-electron chi connectivity index (χ4n) is 1.82. The molecular weight excluding hydrogens is 385 g/mol. The van der Waals surface area contributed by atoms with Crippen molar-refractivity contribution in [1.82, 2.24) is 0 Å². The number of hydrogen-bond donors (Lipinski definition) is 2. The fourth-order valence-corrected chi connectivity index (χ4v) is 2.36. The summed E-state index contributed by atoms with van der Waals surface area (Å²) in [7, 11) is 1.66. The number of nitrogens with zero attached hydrogens (tertiary/aromatic N) is 1. The molecule has 0 spiro atoms. The molecule has 0 saturated heterocycles. The molecule has 6 nitrogen and oxygen atoms in total. The summed E-state index contributed by atoms with van der Waals surface area (Å²) in [5, 5.41) is 16.4. The molecule has 0 unspecified atom stereocenters. The Balaban J connectivity index is 2.33. The minimum Gasteiger partial charge on any atom is -0.387 e. The van der Waals surface area contributed by atoms with Gasteiger partial charge in [0.25, 0.3) is 11.6 Å². The van der Waals surface area contributed by atoms with Crippen LogP contribution in [0.1, 0.15) is 10.4 Å². The SMILES string of the molecule is CNc1ccc([N+](=O)[O-])cc1C(=O)Nc1cccc(I)c1. The van der Waals surface area contributed by atoms with Gasteiger partial charge < -0.3 is 10.6 Å². The van der Waals surface area contributed by atoms with E-state index in [1.807, 2.05) is 18.2 Å². The highest BCUT2D eigenvalue weighted by Gasteiger charge is 2.16. The zero-order valence-corrected chi connectivity index (χ0v) is 13.2. The van der Waals surface area contributed by atoms with E-state index < -0.39 is 10.8 Å². The molecular formula is C14H12IN3O3. The van der Waals surface area contributed by atoms with Crippen molar-refractivity contribution in [1.29, 1.82) is 0 Å². The second-order valence-corrected chi connectivity index (χ2v) is 5.45. The molecule has 0 aliphatic heterocycles. The van der Waals surface area contributed by atoms with Crippen molar-refractivity contribution in [3.63, 3.8) is 0 Å². The number of nitro groups is 1. The Bertz CT molecular complexity index is 704. The topological polar surface area (TPSA) is 84.3 Å². The number of hydrogen-bond acceptors (Lipinski definition) is 4.